The fourth-order valence-corrected chi connectivity index (χ4v) is 3.51. The number of para-hydroxylation sites is 1. The van der Waals surface area contributed by atoms with Gasteiger partial charge in [-0.25, -0.2) is 4.39 Å². The molecule has 1 saturated heterocycles. The summed E-state index contributed by atoms with van der Waals surface area (Å²) in [6, 6.07) is 13.2. The summed E-state index contributed by atoms with van der Waals surface area (Å²) in [6.07, 6.45) is 0. The lowest BCUT2D eigenvalue weighted by Gasteiger charge is -2.33. The van der Waals surface area contributed by atoms with E-state index in [2.05, 4.69) is 5.32 Å². The molecule has 150 valence electrons. The zero-order valence-electron chi connectivity index (χ0n) is 15.5. The molecule has 3 aromatic rings. The van der Waals surface area contributed by atoms with E-state index in [1.54, 1.807) is 11.0 Å². The molecule has 2 amide bonds. The van der Waals surface area contributed by atoms with Crippen molar-refractivity contribution in [1.29, 1.82) is 0 Å². The van der Waals surface area contributed by atoms with E-state index < -0.39 is 5.82 Å². The molecule has 8 heteroatoms. The van der Waals surface area contributed by atoms with E-state index in [-0.39, 0.29) is 24.0 Å². The van der Waals surface area contributed by atoms with Crippen LogP contribution in [0.1, 0.15) is 10.6 Å². The lowest BCUT2D eigenvalue weighted by Crippen LogP contribution is -2.50. The van der Waals surface area contributed by atoms with Crippen LogP contribution in [0.3, 0.4) is 0 Å². The largest absolute Gasteiger partial charge is 0.451 e. The molecule has 0 aliphatic carbocycles. The third-order valence-electron chi connectivity index (χ3n) is 4.87. The number of carbonyl (C=O) groups is 2. The number of amides is 2. The summed E-state index contributed by atoms with van der Waals surface area (Å²) >= 11 is 5.84. The standard InChI is InChI=1S/C21H19ClFN3O3/c22-15-5-6-16(23)17(12-15)24-20(27)13-25-7-9-26(10-8-25)21(28)19-11-14-3-1-2-4-18(14)29-19/h1-6,11-12H,7-10,13H2,(H,24,27). The first-order chi connectivity index (χ1) is 14.0. The number of furan rings is 1. The van der Waals surface area contributed by atoms with Gasteiger partial charge in [-0.05, 0) is 30.3 Å². The number of benzene rings is 2. The van der Waals surface area contributed by atoms with Gasteiger partial charge < -0.3 is 14.6 Å². The zero-order chi connectivity index (χ0) is 20.4. The van der Waals surface area contributed by atoms with Crippen LogP contribution in [-0.2, 0) is 4.79 Å². The molecular weight excluding hydrogens is 397 g/mol. The van der Waals surface area contributed by atoms with Crippen molar-refractivity contribution in [3.63, 3.8) is 0 Å². The summed E-state index contributed by atoms with van der Waals surface area (Å²) in [5.41, 5.74) is 0.737. The maximum atomic E-state index is 13.7. The van der Waals surface area contributed by atoms with Crippen molar-refractivity contribution < 1.29 is 18.4 Å². The number of halogens is 2. The quantitative estimate of drug-likeness (QED) is 0.706. The maximum Gasteiger partial charge on any atom is 0.289 e. The Bertz CT molecular complexity index is 1030. The smallest absolute Gasteiger partial charge is 0.289 e. The first-order valence-electron chi connectivity index (χ1n) is 9.25. The highest BCUT2D eigenvalue weighted by Gasteiger charge is 2.25. The highest BCUT2D eigenvalue weighted by Crippen LogP contribution is 2.21. The molecular formula is C21H19ClFN3O3. The minimum Gasteiger partial charge on any atom is -0.451 e. The van der Waals surface area contributed by atoms with E-state index in [1.165, 1.54) is 18.2 Å². The van der Waals surface area contributed by atoms with Gasteiger partial charge in [0.05, 0.1) is 12.2 Å². The van der Waals surface area contributed by atoms with Gasteiger partial charge >= 0.3 is 0 Å². The van der Waals surface area contributed by atoms with Crippen LogP contribution in [0.4, 0.5) is 10.1 Å². The molecule has 0 unspecified atom stereocenters. The van der Waals surface area contributed by atoms with Crippen LogP contribution >= 0.6 is 11.6 Å². The van der Waals surface area contributed by atoms with E-state index in [0.29, 0.717) is 42.5 Å². The molecule has 1 aromatic heterocycles. The average molecular weight is 416 g/mol. The Kier molecular flexibility index (Phi) is 5.51. The van der Waals surface area contributed by atoms with Crippen molar-refractivity contribution in [2.24, 2.45) is 0 Å². The van der Waals surface area contributed by atoms with Gasteiger partial charge in [-0.15, -0.1) is 0 Å². The molecule has 1 aliphatic rings. The Hall–Kier alpha value is -2.90. The van der Waals surface area contributed by atoms with Crippen LogP contribution in [0.5, 0.6) is 0 Å². The molecule has 2 heterocycles. The number of rotatable bonds is 4. The molecule has 1 fully saturated rings. The molecule has 0 atom stereocenters. The highest BCUT2D eigenvalue weighted by atomic mass is 35.5. The predicted octanol–water partition coefficient (Wildman–Crippen LogP) is 3.62. The maximum absolute atomic E-state index is 13.7. The topological polar surface area (TPSA) is 65.8 Å². The van der Waals surface area contributed by atoms with Gasteiger partial charge in [0.25, 0.3) is 5.91 Å². The molecule has 1 aliphatic heterocycles. The normalized spacial score (nSPS) is 14.9. The van der Waals surface area contributed by atoms with E-state index >= 15 is 0 Å². The van der Waals surface area contributed by atoms with E-state index in [1.807, 2.05) is 29.2 Å². The minimum atomic E-state index is -0.538. The Morgan fingerprint density at radius 1 is 1.07 bits per heavy atom. The number of hydrogen-bond acceptors (Lipinski definition) is 4. The van der Waals surface area contributed by atoms with Crippen LogP contribution in [-0.4, -0.2) is 54.3 Å². The van der Waals surface area contributed by atoms with Crippen LogP contribution in [0, 0.1) is 5.82 Å². The minimum absolute atomic E-state index is 0.0567. The first-order valence-corrected chi connectivity index (χ1v) is 9.62. The number of nitrogens with zero attached hydrogens (tertiary/aromatic N) is 2. The van der Waals surface area contributed by atoms with Crippen molar-refractivity contribution in [2.75, 3.05) is 38.0 Å². The van der Waals surface area contributed by atoms with E-state index in [0.717, 1.165) is 5.39 Å². The van der Waals surface area contributed by atoms with Gasteiger partial charge in [-0.2, -0.15) is 0 Å². The fourth-order valence-electron chi connectivity index (χ4n) is 3.34. The number of nitrogens with one attached hydrogen (secondary N) is 1. The second kappa shape index (κ2) is 8.23. The Balaban J connectivity index is 1.31. The SMILES string of the molecule is O=C(CN1CCN(C(=O)c2cc3ccccc3o2)CC1)Nc1cc(Cl)ccc1F. The number of hydrogen-bond donors (Lipinski definition) is 1. The van der Waals surface area contributed by atoms with Crippen LogP contribution in [0.25, 0.3) is 11.0 Å². The van der Waals surface area contributed by atoms with Gasteiger partial charge in [0.15, 0.2) is 5.76 Å². The Labute approximate surface area is 171 Å². The molecule has 0 bridgehead atoms. The van der Waals surface area contributed by atoms with Crippen molar-refractivity contribution in [3.05, 3.63) is 65.1 Å². The summed E-state index contributed by atoms with van der Waals surface area (Å²) in [5, 5.41) is 3.77. The third kappa shape index (κ3) is 4.41. The molecule has 2 aromatic carbocycles. The molecule has 0 spiro atoms. The Morgan fingerprint density at radius 2 is 1.83 bits per heavy atom. The van der Waals surface area contributed by atoms with Gasteiger partial charge in [0, 0.05) is 36.6 Å². The van der Waals surface area contributed by atoms with E-state index in [4.69, 9.17) is 16.0 Å². The van der Waals surface area contributed by atoms with Gasteiger partial charge in [-0.1, -0.05) is 29.8 Å². The monoisotopic (exact) mass is 415 g/mol. The summed E-state index contributed by atoms with van der Waals surface area (Å²) in [7, 11) is 0. The molecule has 1 N–H and O–H groups in total. The summed E-state index contributed by atoms with van der Waals surface area (Å²) in [4.78, 5) is 28.5. The Morgan fingerprint density at radius 3 is 2.59 bits per heavy atom. The van der Waals surface area contributed by atoms with Crippen LogP contribution < -0.4 is 5.32 Å². The second-order valence-electron chi connectivity index (χ2n) is 6.89. The molecule has 29 heavy (non-hydrogen) atoms. The second-order valence-corrected chi connectivity index (χ2v) is 7.33. The summed E-state index contributed by atoms with van der Waals surface area (Å²) in [6.45, 7) is 2.15. The van der Waals surface area contributed by atoms with Crippen LogP contribution in [0.2, 0.25) is 5.02 Å². The van der Waals surface area contributed by atoms with Gasteiger partial charge in [-0.3, -0.25) is 14.5 Å². The zero-order valence-corrected chi connectivity index (χ0v) is 16.3. The number of fused-ring (bicyclic) bond motifs is 1. The molecule has 0 radical (unpaired) electrons. The molecule has 6 nitrogen and oxygen atoms in total. The van der Waals surface area contributed by atoms with Crippen molar-refractivity contribution >= 4 is 40.1 Å². The summed E-state index contributed by atoms with van der Waals surface area (Å²) < 4.78 is 19.4. The predicted molar refractivity (Wildman–Crippen MR) is 109 cm³/mol. The fraction of sp³-hybridized carbons (Fsp3) is 0.238. The van der Waals surface area contributed by atoms with Crippen LogP contribution in [0.15, 0.2) is 52.9 Å². The van der Waals surface area contributed by atoms with Crippen molar-refractivity contribution in [1.82, 2.24) is 9.80 Å². The highest BCUT2D eigenvalue weighted by molar-refractivity contribution is 6.30. The van der Waals surface area contributed by atoms with E-state index in [9.17, 15) is 14.0 Å². The number of carbonyl (C=O) groups excluding carboxylic acids is 2. The first kappa shape index (κ1) is 19.4. The number of anilines is 1. The molecule has 0 saturated carbocycles. The third-order valence-corrected chi connectivity index (χ3v) is 5.10. The van der Waals surface area contributed by atoms with Crippen molar-refractivity contribution in [3.8, 4) is 0 Å². The van der Waals surface area contributed by atoms with Crippen molar-refractivity contribution in [2.45, 2.75) is 0 Å². The van der Waals surface area contributed by atoms with Gasteiger partial charge in [0.1, 0.15) is 11.4 Å². The lowest BCUT2D eigenvalue weighted by atomic mass is 10.2. The number of piperazine rings is 1. The molecule has 4 rings (SSSR count). The van der Waals surface area contributed by atoms with Gasteiger partial charge in [0.2, 0.25) is 5.91 Å². The summed E-state index contributed by atoms with van der Waals surface area (Å²) in [5.74, 6) is -0.715. The lowest BCUT2D eigenvalue weighted by molar-refractivity contribution is -0.117. The average Bonchev–Trinajstić information content (AvgIpc) is 3.15.